The number of anilines is 1. The molecule has 0 aromatic heterocycles. The molecule has 106 valence electrons. The molecule has 5 heteroatoms. The summed E-state index contributed by atoms with van der Waals surface area (Å²) in [6.07, 6.45) is 0.172. The average molecular weight is 329 g/mol. The maximum atomic E-state index is 11.7. The van der Waals surface area contributed by atoms with E-state index in [4.69, 9.17) is 0 Å². The van der Waals surface area contributed by atoms with Gasteiger partial charge in [0, 0.05) is 11.0 Å². The van der Waals surface area contributed by atoms with Gasteiger partial charge in [-0.1, -0.05) is 19.9 Å². The van der Waals surface area contributed by atoms with E-state index in [2.05, 4.69) is 26.6 Å². The van der Waals surface area contributed by atoms with Gasteiger partial charge < -0.3 is 15.7 Å². The molecule has 0 bridgehead atoms. The average Bonchev–Trinajstić information content (AvgIpc) is 2.33. The number of halogens is 1. The van der Waals surface area contributed by atoms with Crippen molar-refractivity contribution in [2.24, 2.45) is 5.92 Å². The Morgan fingerprint density at radius 1 is 1.42 bits per heavy atom. The highest BCUT2D eigenvalue weighted by Gasteiger charge is 2.10. The zero-order valence-corrected chi connectivity index (χ0v) is 13.1. The van der Waals surface area contributed by atoms with E-state index in [1.54, 1.807) is 0 Å². The van der Waals surface area contributed by atoms with Crippen molar-refractivity contribution in [1.82, 2.24) is 5.32 Å². The zero-order valence-electron chi connectivity index (χ0n) is 11.5. The van der Waals surface area contributed by atoms with Crippen molar-refractivity contribution in [2.45, 2.75) is 33.3 Å². The monoisotopic (exact) mass is 328 g/mol. The number of hydrogen-bond acceptors (Lipinski definition) is 2. The number of aliphatic hydroxyl groups is 1. The number of amides is 2. The van der Waals surface area contributed by atoms with Crippen LogP contribution in [0.4, 0.5) is 10.5 Å². The van der Waals surface area contributed by atoms with Crippen LogP contribution in [0.3, 0.4) is 0 Å². The minimum Gasteiger partial charge on any atom is -0.393 e. The van der Waals surface area contributed by atoms with Crippen LogP contribution < -0.4 is 10.6 Å². The van der Waals surface area contributed by atoms with Crippen molar-refractivity contribution in [2.75, 3.05) is 11.9 Å². The first-order valence-electron chi connectivity index (χ1n) is 6.39. The van der Waals surface area contributed by atoms with Gasteiger partial charge in [0.1, 0.15) is 0 Å². The third-order valence-corrected chi connectivity index (χ3v) is 3.56. The summed E-state index contributed by atoms with van der Waals surface area (Å²) in [5.41, 5.74) is 1.82. The molecule has 0 heterocycles. The van der Waals surface area contributed by atoms with E-state index >= 15 is 0 Å². The molecule has 0 saturated heterocycles. The molecule has 0 aliphatic carbocycles. The second-order valence-corrected chi connectivity index (χ2v) is 5.82. The summed E-state index contributed by atoms with van der Waals surface area (Å²) in [7, 11) is 0. The highest BCUT2D eigenvalue weighted by molar-refractivity contribution is 9.10. The second kappa shape index (κ2) is 7.50. The van der Waals surface area contributed by atoms with E-state index in [-0.39, 0.29) is 18.1 Å². The Labute approximate surface area is 122 Å². The Morgan fingerprint density at radius 3 is 2.74 bits per heavy atom. The molecule has 4 nitrogen and oxygen atoms in total. The summed E-state index contributed by atoms with van der Waals surface area (Å²) in [4.78, 5) is 11.7. The van der Waals surface area contributed by atoms with Gasteiger partial charge in [0.25, 0.3) is 0 Å². The molecular formula is C14H21BrN2O2. The number of urea groups is 1. The second-order valence-electron chi connectivity index (χ2n) is 4.96. The van der Waals surface area contributed by atoms with Crippen molar-refractivity contribution in [3.05, 3.63) is 28.2 Å². The number of rotatable bonds is 5. The number of carbonyl (C=O) groups excluding carboxylic acids is 1. The number of carbonyl (C=O) groups is 1. The Kier molecular flexibility index (Phi) is 6.31. The van der Waals surface area contributed by atoms with Crippen molar-refractivity contribution >= 4 is 27.6 Å². The smallest absolute Gasteiger partial charge is 0.319 e. The first kappa shape index (κ1) is 16.0. The number of nitrogens with one attached hydrogen (secondary N) is 2. The van der Waals surface area contributed by atoms with Crippen LogP contribution in [-0.4, -0.2) is 23.8 Å². The first-order chi connectivity index (χ1) is 8.90. The summed E-state index contributed by atoms with van der Waals surface area (Å²) in [6.45, 7) is 6.33. The van der Waals surface area contributed by atoms with Gasteiger partial charge in [-0.25, -0.2) is 4.79 Å². The number of benzene rings is 1. The molecule has 1 atom stereocenters. The SMILES string of the molecule is Cc1ccc(Br)c(NC(=O)NCCC(O)C(C)C)c1. The lowest BCUT2D eigenvalue weighted by molar-refractivity contribution is 0.117. The maximum absolute atomic E-state index is 11.7. The van der Waals surface area contributed by atoms with Crippen molar-refractivity contribution in [1.29, 1.82) is 0 Å². The minimum absolute atomic E-state index is 0.204. The lowest BCUT2D eigenvalue weighted by atomic mass is 10.0. The topological polar surface area (TPSA) is 61.4 Å². The maximum Gasteiger partial charge on any atom is 0.319 e. The van der Waals surface area contributed by atoms with Crippen molar-refractivity contribution < 1.29 is 9.90 Å². The molecule has 0 saturated carbocycles. The third kappa shape index (κ3) is 5.61. The third-order valence-electron chi connectivity index (χ3n) is 2.87. The predicted octanol–water partition coefficient (Wildman–Crippen LogP) is 3.29. The fraction of sp³-hybridized carbons (Fsp3) is 0.500. The van der Waals surface area contributed by atoms with Crippen LogP contribution in [0, 0.1) is 12.8 Å². The van der Waals surface area contributed by atoms with E-state index in [0.29, 0.717) is 13.0 Å². The van der Waals surface area contributed by atoms with Crippen LogP contribution in [0.15, 0.2) is 22.7 Å². The van der Waals surface area contributed by atoms with Crippen LogP contribution in [0.5, 0.6) is 0 Å². The molecule has 0 spiro atoms. The molecular weight excluding hydrogens is 308 g/mol. The molecule has 1 aromatic rings. The van der Waals surface area contributed by atoms with E-state index in [0.717, 1.165) is 15.7 Å². The molecule has 1 rings (SSSR count). The standard InChI is InChI=1S/C14H21BrN2O2/c1-9(2)13(18)6-7-16-14(19)17-12-8-10(3)4-5-11(12)15/h4-5,8-9,13,18H,6-7H2,1-3H3,(H2,16,17,19). The summed E-state index contributed by atoms with van der Waals surface area (Å²) in [5, 5.41) is 15.1. The molecule has 1 unspecified atom stereocenters. The number of hydrogen-bond donors (Lipinski definition) is 3. The minimum atomic E-state index is -0.383. The van der Waals surface area contributed by atoms with Crippen LogP contribution in [0.25, 0.3) is 0 Å². The van der Waals surface area contributed by atoms with Gasteiger partial charge in [0.05, 0.1) is 11.8 Å². The summed E-state index contributed by atoms with van der Waals surface area (Å²) in [5.74, 6) is 0.204. The van der Waals surface area contributed by atoms with E-state index in [1.807, 2.05) is 39.0 Å². The molecule has 19 heavy (non-hydrogen) atoms. The Balaban J connectivity index is 2.41. The highest BCUT2D eigenvalue weighted by atomic mass is 79.9. The van der Waals surface area contributed by atoms with Crippen LogP contribution in [0.1, 0.15) is 25.8 Å². The fourth-order valence-corrected chi connectivity index (χ4v) is 1.91. The predicted molar refractivity (Wildman–Crippen MR) is 81.4 cm³/mol. The first-order valence-corrected chi connectivity index (χ1v) is 7.18. The van der Waals surface area contributed by atoms with Crippen LogP contribution in [-0.2, 0) is 0 Å². The van der Waals surface area contributed by atoms with E-state index < -0.39 is 0 Å². The van der Waals surface area contributed by atoms with Gasteiger partial charge in [0.2, 0.25) is 0 Å². The molecule has 1 aromatic carbocycles. The van der Waals surface area contributed by atoms with Gasteiger partial charge in [-0.3, -0.25) is 0 Å². The zero-order chi connectivity index (χ0) is 14.4. The quantitative estimate of drug-likeness (QED) is 0.776. The van der Waals surface area contributed by atoms with Gasteiger partial charge in [-0.05, 0) is 52.9 Å². The van der Waals surface area contributed by atoms with E-state index in [9.17, 15) is 9.90 Å². The van der Waals surface area contributed by atoms with Gasteiger partial charge >= 0.3 is 6.03 Å². The molecule has 0 aliphatic heterocycles. The Morgan fingerprint density at radius 2 is 2.11 bits per heavy atom. The lowest BCUT2D eigenvalue weighted by Gasteiger charge is -2.15. The molecule has 3 N–H and O–H groups in total. The fourth-order valence-electron chi connectivity index (χ4n) is 1.57. The van der Waals surface area contributed by atoms with Crippen molar-refractivity contribution in [3.63, 3.8) is 0 Å². The normalized spacial score (nSPS) is 12.3. The summed E-state index contributed by atoms with van der Waals surface area (Å²) < 4.78 is 0.843. The van der Waals surface area contributed by atoms with Crippen LogP contribution >= 0.6 is 15.9 Å². The highest BCUT2D eigenvalue weighted by Crippen LogP contribution is 2.23. The van der Waals surface area contributed by atoms with Gasteiger partial charge in [-0.2, -0.15) is 0 Å². The molecule has 0 fully saturated rings. The number of aryl methyl sites for hydroxylation is 1. The summed E-state index contributed by atoms with van der Waals surface area (Å²) >= 11 is 3.39. The summed E-state index contributed by atoms with van der Waals surface area (Å²) in [6, 6.07) is 5.49. The lowest BCUT2D eigenvalue weighted by Crippen LogP contribution is -2.32. The molecule has 2 amide bonds. The van der Waals surface area contributed by atoms with Crippen molar-refractivity contribution in [3.8, 4) is 0 Å². The van der Waals surface area contributed by atoms with Gasteiger partial charge in [0.15, 0.2) is 0 Å². The Hall–Kier alpha value is -1.07. The largest absolute Gasteiger partial charge is 0.393 e. The Bertz CT molecular complexity index is 435. The van der Waals surface area contributed by atoms with Crippen LogP contribution in [0.2, 0.25) is 0 Å². The van der Waals surface area contributed by atoms with E-state index in [1.165, 1.54) is 0 Å². The van der Waals surface area contributed by atoms with Gasteiger partial charge in [-0.15, -0.1) is 0 Å². The molecule has 0 radical (unpaired) electrons. The molecule has 0 aliphatic rings. The number of aliphatic hydroxyl groups excluding tert-OH is 1.